The monoisotopic (exact) mass is 268 g/mol. The first-order valence-electron chi connectivity index (χ1n) is 6.00. The van der Waals surface area contributed by atoms with Crippen LogP contribution in [0.4, 0.5) is 0 Å². The van der Waals surface area contributed by atoms with E-state index >= 15 is 0 Å². The fraction of sp³-hybridized carbons (Fsp3) is 0.286. The molecular weight excluding hydrogens is 256 g/mol. The minimum absolute atomic E-state index is 0.0826. The van der Waals surface area contributed by atoms with Crippen LogP contribution in [0.15, 0.2) is 29.4 Å². The number of carbonyl (C=O) groups excluding carboxylic acids is 1. The van der Waals surface area contributed by atoms with Crippen molar-refractivity contribution >= 4 is 11.6 Å². The van der Waals surface area contributed by atoms with Gasteiger partial charge >= 0.3 is 0 Å². The van der Waals surface area contributed by atoms with Crippen molar-refractivity contribution in [3.63, 3.8) is 0 Å². The van der Waals surface area contributed by atoms with Gasteiger partial charge in [0, 0.05) is 11.6 Å². The van der Waals surface area contributed by atoms with Gasteiger partial charge in [0.2, 0.25) is 5.91 Å². The lowest BCUT2D eigenvalue weighted by Gasteiger charge is -2.23. The molecule has 1 aromatic rings. The van der Waals surface area contributed by atoms with Crippen molar-refractivity contribution in [2.24, 2.45) is 16.9 Å². The second-order valence-corrected chi connectivity index (χ2v) is 4.56. The number of hydrazone groups is 1. The molecule has 0 unspecified atom stereocenters. The van der Waals surface area contributed by atoms with E-state index < -0.39 is 17.8 Å². The van der Waals surface area contributed by atoms with Crippen LogP contribution in [-0.2, 0) is 4.79 Å². The molecule has 1 amide bonds. The molecule has 2 atom stereocenters. The van der Waals surface area contributed by atoms with Gasteiger partial charge in [-0.15, -0.1) is 0 Å². The van der Waals surface area contributed by atoms with Crippen molar-refractivity contribution in [1.82, 2.24) is 5.43 Å². The Morgan fingerprint density at radius 1 is 1.30 bits per heavy atom. The molecule has 2 rings (SSSR count). The number of amides is 1. The fourth-order valence-corrected chi connectivity index (χ4v) is 2.36. The zero-order valence-corrected chi connectivity index (χ0v) is 10.7. The number of carbonyl (C=O) groups is 1. The summed E-state index contributed by atoms with van der Waals surface area (Å²) in [5.74, 6) is -2.48. The van der Waals surface area contributed by atoms with Gasteiger partial charge in [0.25, 0.3) is 0 Å². The van der Waals surface area contributed by atoms with E-state index in [0.717, 1.165) is 0 Å². The van der Waals surface area contributed by atoms with Crippen molar-refractivity contribution in [3.8, 4) is 17.9 Å². The summed E-state index contributed by atoms with van der Waals surface area (Å²) < 4.78 is 0. The van der Waals surface area contributed by atoms with Gasteiger partial charge in [-0.05, 0) is 24.6 Å². The zero-order valence-electron chi connectivity index (χ0n) is 10.7. The topological polar surface area (TPSA) is 109 Å². The Kier molecular flexibility index (Phi) is 3.67. The zero-order chi connectivity index (χ0) is 14.7. The van der Waals surface area contributed by atoms with Crippen LogP contribution in [0.1, 0.15) is 18.4 Å². The molecule has 1 aliphatic rings. The third-order valence-electron chi connectivity index (χ3n) is 3.35. The van der Waals surface area contributed by atoms with E-state index in [1.54, 1.807) is 19.1 Å². The number of hydrogen-bond acceptors (Lipinski definition) is 5. The van der Waals surface area contributed by atoms with E-state index in [2.05, 4.69) is 10.5 Å². The second kappa shape index (κ2) is 5.41. The lowest BCUT2D eigenvalue weighted by Crippen LogP contribution is -2.32. The number of phenols is 1. The molecule has 100 valence electrons. The van der Waals surface area contributed by atoms with E-state index in [1.807, 2.05) is 12.1 Å². The second-order valence-electron chi connectivity index (χ2n) is 4.56. The van der Waals surface area contributed by atoms with Gasteiger partial charge < -0.3 is 5.11 Å². The highest BCUT2D eigenvalue weighted by atomic mass is 16.3. The summed E-state index contributed by atoms with van der Waals surface area (Å²) >= 11 is 0. The van der Waals surface area contributed by atoms with Gasteiger partial charge in [0.05, 0.1) is 18.1 Å². The lowest BCUT2D eigenvalue weighted by molar-refractivity contribution is -0.122. The Labute approximate surface area is 116 Å². The summed E-state index contributed by atoms with van der Waals surface area (Å²) in [7, 11) is 0. The molecule has 20 heavy (non-hydrogen) atoms. The smallest absolute Gasteiger partial charge is 0.249 e. The van der Waals surface area contributed by atoms with Crippen LogP contribution in [0, 0.1) is 34.5 Å². The third-order valence-corrected chi connectivity index (χ3v) is 3.35. The molecule has 2 N–H and O–H groups in total. The number of nitrogens with one attached hydrogen (secondary N) is 1. The molecule has 6 heteroatoms. The van der Waals surface area contributed by atoms with Gasteiger partial charge in [-0.2, -0.15) is 15.6 Å². The van der Waals surface area contributed by atoms with E-state index in [9.17, 15) is 9.90 Å². The number of hydrogen-bond donors (Lipinski definition) is 2. The minimum atomic E-state index is -0.974. The molecule has 0 bridgehead atoms. The predicted molar refractivity (Wildman–Crippen MR) is 70.3 cm³/mol. The molecule has 1 heterocycles. The summed E-state index contributed by atoms with van der Waals surface area (Å²) in [6.45, 7) is 1.68. The van der Waals surface area contributed by atoms with Crippen molar-refractivity contribution in [1.29, 1.82) is 10.5 Å². The summed E-state index contributed by atoms with van der Waals surface area (Å²) in [5.41, 5.74) is 3.56. The van der Waals surface area contributed by atoms with Crippen molar-refractivity contribution in [2.75, 3.05) is 0 Å². The van der Waals surface area contributed by atoms with Gasteiger partial charge in [-0.25, -0.2) is 5.43 Å². The molecule has 6 nitrogen and oxygen atoms in total. The number of rotatable bonds is 3. The van der Waals surface area contributed by atoms with Gasteiger partial charge in [0.15, 0.2) is 0 Å². The largest absolute Gasteiger partial charge is 0.508 e. The standard InChI is InChI=1S/C14H12N4O2/c1-8-12(14(20)18-17-8)13(10(6-15)7-16)9-2-4-11(19)5-3-9/h2-5,10,12-13,19H,1H3,(H,18,20)/t12-,13-/m0/s1. The van der Waals surface area contributed by atoms with Crippen LogP contribution in [0.25, 0.3) is 0 Å². The van der Waals surface area contributed by atoms with Crippen LogP contribution in [0.5, 0.6) is 5.75 Å². The lowest BCUT2D eigenvalue weighted by atomic mass is 9.76. The highest BCUT2D eigenvalue weighted by Crippen LogP contribution is 2.35. The van der Waals surface area contributed by atoms with Gasteiger partial charge in [-0.3, -0.25) is 4.79 Å². The summed E-state index contributed by atoms with van der Waals surface area (Å²) in [6.07, 6.45) is 0. The van der Waals surface area contributed by atoms with Gasteiger partial charge in [-0.1, -0.05) is 12.1 Å². The number of nitriles is 2. The maximum Gasteiger partial charge on any atom is 0.249 e. The van der Waals surface area contributed by atoms with E-state index in [0.29, 0.717) is 11.3 Å². The van der Waals surface area contributed by atoms with Crippen molar-refractivity contribution in [2.45, 2.75) is 12.8 Å². The Bertz CT molecular complexity index is 623. The van der Waals surface area contributed by atoms with Crippen molar-refractivity contribution in [3.05, 3.63) is 29.8 Å². The number of aromatic hydroxyl groups is 1. The SMILES string of the molecule is CC1=NNC(=O)[C@@H]1[C@@H](c1ccc(O)cc1)C(C#N)C#N. The Morgan fingerprint density at radius 3 is 2.35 bits per heavy atom. The molecule has 0 fully saturated rings. The highest BCUT2D eigenvalue weighted by Gasteiger charge is 2.40. The maximum absolute atomic E-state index is 11.9. The maximum atomic E-state index is 11.9. The quantitative estimate of drug-likeness (QED) is 0.859. The first kappa shape index (κ1) is 13.6. The highest BCUT2D eigenvalue weighted by molar-refractivity contribution is 6.07. The van der Waals surface area contributed by atoms with Crippen molar-refractivity contribution < 1.29 is 9.90 Å². The Balaban J connectivity index is 2.48. The average molecular weight is 268 g/mol. The van der Waals surface area contributed by atoms with Crippen LogP contribution in [0.2, 0.25) is 0 Å². The number of phenolic OH excluding ortho intramolecular Hbond substituents is 1. The molecular formula is C14H12N4O2. The Hall–Kier alpha value is -2.86. The summed E-state index contributed by atoms with van der Waals surface area (Å²) in [5, 5.41) is 31.5. The fourth-order valence-electron chi connectivity index (χ4n) is 2.36. The summed E-state index contributed by atoms with van der Waals surface area (Å²) in [4.78, 5) is 11.9. The molecule has 0 aromatic heterocycles. The van der Waals surface area contributed by atoms with E-state index in [-0.39, 0.29) is 11.7 Å². The average Bonchev–Trinajstić information content (AvgIpc) is 2.77. The number of benzene rings is 1. The molecule has 1 aliphatic heterocycles. The summed E-state index contributed by atoms with van der Waals surface area (Å²) in [6, 6.07) is 10.0. The molecule has 0 saturated carbocycles. The molecule has 0 spiro atoms. The predicted octanol–water partition coefficient (Wildman–Crippen LogP) is 1.26. The van der Waals surface area contributed by atoms with Gasteiger partial charge in [0.1, 0.15) is 11.7 Å². The Morgan fingerprint density at radius 2 is 1.90 bits per heavy atom. The van der Waals surface area contributed by atoms with Crippen LogP contribution >= 0.6 is 0 Å². The first-order chi connectivity index (χ1) is 9.58. The minimum Gasteiger partial charge on any atom is -0.508 e. The molecule has 0 radical (unpaired) electrons. The van der Waals surface area contributed by atoms with E-state index in [4.69, 9.17) is 10.5 Å². The molecule has 1 aromatic carbocycles. The normalized spacial score (nSPS) is 18.9. The van der Waals surface area contributed by atoms with Crippen LogP contribution in [-0.4, -0.2) is 16.7 Å². The van der Waals surface area contributed by atoms with E-state index in [1.165, 1.54) is 12.1 Å². The van der Waals surface area contributed by atoms with Crippen LogP contribution in [0.3, 0.4) is 0 Å². The number of nitrogens with zero attached hydrogens (tertiary/aromatic N) is 3. The third kappa shape index (κ3) is 2.32. The molecule has 0 saturated heterocycles. The molecule has 0 aliphatic carbocycles. The van der Waals surface area contributed by atoms with Crippen LogP contribution < -0.4 is 5.43 Å². The first-order valence-corrected chi connectivity index (χ1v) is 6.00.